The molecule has 4 aromatic rings. The summed E-state index contributed by atoms with van der Waals surface area (Å²) in [5, 5.41) is 13.0. The van der Waals surface area contributed by atoms with E-state index in [2.05, 4.69) is 75.6 Å². The van der Waals surface area contributed by atoms with Crippen LogP contribution in [-0.2, 0) is 6.54 Å². The van der Waals surface area contributed by atoms with Crippen molar-refractivity contribution in [3.05, 3.63) is 94.8 Å². The van der Waals surface area contributed by atoms with Crippen LogP contribution in [0.1, 0.15) is 34.1 Å². The molecule has 1 aliphatic heterocycles. The van der Waals surface area contributed by atoms with E-state index in [0.717, 1.165) is 43.1 Å². The van der Waals surface area contributed by atoms with Crippen LogP contribution in [0.15, 0.2) is 66.7 Å². The van der Waals surface area contributed by atoms with Crippen LogP contribution in [0, 0.1) is 13.8 Å². The van der Waals surface area contributed by atoms with Crippen molar-refractivity contribution in [2.24, 2.45) is 0 Å². The van der Waals surface area contributed by atoms with Crippen molar-refractivity contribution < 1.29 is 9.47 Å². The Labute approximate surface area is 218 Å². The number of hydrogen-bond donors (Lipinski definition) is 0. The number of rotatable bonds is 8. The van der Waals surface area contributed by atoms with Crippen LogP contribution in [0.3, 0.4) is 0 Å². The lowest BCUT2D eigenvalue weighted by atomic mass is 10.0. The predicted molar refractivity (Wildman–Crippen MR) is 144 cm³/mol. The first-order chi connectivity index (χ1) is 18.1. The quantitative estimate of drug-likeness (QED) is 0.359. The Kier molecular flexibility index (Phi) is 7.37. The number of nitrogens with zero attached hydrogens (tertiary/aromatic N) is 6. The zero-order chi connectivity index (χ0) is 25.8. The lowest BCUT2D eigenvalue weighted by Crippen LogP contribution is -2.48. The summed E-state index contributed by atoms with van der Waals surface area (Å²) < 4.78 is 13.4. The standard InChI is InChI=1S/C29H34N6O2/c1-21-10-8-14-25(22(21)2)33-16-18-34(19-17-33)27(24-13-9-15-26(36-3)28(24)37-4)29-30-31-32-35(29)20-23-11-6-5-7-12-23/h5-15,27H,16-20H2,1-4H3/t27-/m1/s1. The molecule has 0 saturated carbocycles. The Balaban J connectivity index is 1.50. The van der Waals surface area contributed by atoms with Crippen LogP contribution < -0.4 is 14.4 Å². The van der Waals surface area contributed by atoms with E-state index in [4.69, 9.17) is 9.47 Å². The van der Waals surface area contributed by atoms with Gasteiger partial charge in [0.25, 0.3) is 0 Å². The van der Waals surface area contributed by atoms with E-state index in [1.54, 1.807) is 14.2 Å². The highest BCUT2D eigenvalue weighted by atomic mass is 16.5. The Morgan fingerprint density at radius 3 is 2.32 bits per heavy atom. The first-order valence-corrected chi connectivity index (χ1v) is 12.7. The molecular weight excluding hydrogens is 464 g/mol. The number of ether oxygens (including phenoxy) is 2. The molecule has 0 amide bonds. The molecule has 1 atom stereocenters. The van der Waals surface area contributed by atoms with Crippen molar-refractivity contribution >= 4 is 5.69 Å². The maximum atomic E-state index is 5.87. The van der Waals surface area contributed by atoms with E-state index in [1.165, 1.54) is 16.8 Å². The molecule has 3 aromatic carbocycles. The molecule has 1 saturated heterocycles. The fraction of sp³-hybridized carbons (Fsp3) is 0.345. The minimum absolute atomic E-state index is 0.190. The molecule has 0 bridgehead atoms. The Bertz CT molecular complexity index is 1330. The molecule has 192 valence electrons. The van der Waals surface area contributed by atoms with Crippen LogP contribution in [0.5, 0.6) is 11.5 Å². The molecule has 2 heterocycles. The first-order valence-electron chi connectivity index (χ1n) is 12.7. The minimum atomic E-state index is -0.190. The van der Waals surface area contributed by atoms with Crippen molar-refractivity contribution in [1.82, 2.24) is 25.1 Å². The van der Waals surface area contributed by atoms with Gasteiger partial charge >= 0.3 is 0 Å². The van der Waals surface area contributed by atoms with Crippen molar-refractivity contribution in [1.29, 1.82) is 0 Å². The van der Waals surface area contributed by atoms with Gasteiger partial charge in [-0.1, -0.05) is 54.6 Å². The number of aromatic nitrogens is 4. The summed E-state index contributed by atoms with van der Waals surface area (Å²) in [6.45, 7) is 8.51. The van der Waals surface area contributed by atoms with E-state index in [9.17, 15) is 0 Å². The highest BCUT2D eigenvalue weighted by molar-refractivity contribution is 5.56. The summed E-state index contributed by atoms with van der Waals surface area (Å²) in [4.78, 5) is 4.93. The van der Waals surface area contributed by atoms with Crippen molar-refractivity contribution in [2.45, 2.75) is 26.4 Å². The van der Waals surface area contributed by atoms with Gasteiger partial charge in [0.1, 0.15) is 6.04 Å². The number of benzene rings is 3. The number of para-hydroxylation sites is 1. The molecule has 0 unspecified atom stereocenters. The van der Waals surface area contributed by atoms with Gasteiger partial charge in [0, 0.05) is 37.4 Å². The topological polar surface area (TPSA) is 68.5 Å². The monoisotopic (exact) mass is 498 g/mol. The number of piperazine rings is 1. The van der Waals surface area contributed by atoms with E-state index >= 15 is 0 Å². The maximum absolute atomic E-state index is 5.87. The first kappa shape index (κ1) is 24.8. The molecule has 1 aliphatic rings. The number of anilines is 1. The zero-order valence-electron chi connectivity index (χ0n) is 22.0. The third kappa shape index (κ3) is 5.02. The number of hydrogen-bond acceptors (Lipinski definition) is 7. The molecule has 8 nitrogen and oxygen atoms in total. The van der Waals surface area contributed by atoms with Gasteiger partial charge in [0.15, 0.2) is 17.3 Å². The minimum Gasteiger partial charge on any atom is -0.493 e. The molecule has 1 aromatic heterocycles. The van der Waals surface area contributed by atoms with Gasteiger partial charge in [-0.3, -0.25) is 4.90 Å². The normalized spacial score (nSPS) is 15.0. The van der Waals surface area contributed by atoms with Gasteiger partial charge in [-0.2, -0.15) is 0 Å². The summed E-state index contributed by atoms with van der Waals surface area (Å²) in [6, 6.07) is 22.6. The van der Waals surface area contributed by atoms with Crippen LogP contribution in [0.2, 0.25) is 0 Å². The summed E-state index contributed by atoms with van der Waals surface area (Å²) in [6.07, 6.45) is 0. The fourth-order valence-corrected chi connectivity index (χ4v) is 5.20. The summed E-state index contributed by atoms with van der Waals surface area (Å²) in [5.74, 6) is 2.19. The summed E-state index contributed by atoms with van der Waals surface area (Å²) >= 11 is 0. The lowest BCUT2D eigenvalue weighted by Gasteiger charge is -2.40. The molecule has 37 heavy (non-hydrogen) atoms. The average Bonchev–Trinajstić information content (AvgIpc) is 3.38. The van der Waals surface area contributed by atoms with Crippen LogP contribution >= 0.6 is 0 Å². The highest BCUT2D eigenvalue weighted by Gasteiger charge is 2.33. The second kappa shape index (κ2) is 11.0. The average molecular weight is 499 g/mol. The molecule has 0 spiro atoms. The predicted octanol–water partition coefficient (Wildman–Crippen LogP) is 4.27. The lowest BCUT2D eigenvalue weighted by molar-refractivity contribution is 0.197. The van der Waals surface area contributed by atoms with Crippen molar-refractivity contribution in [2.75, 3.05) is 45.3 Å². The Morgan fingerprint density at radius 1 is 0.838 bits per heavy atom. The molecule has 0 radical (unpaired) electrons. The van der Waals surface area contributed by atoms with E-state index in [1.807, 2.05) is 35.0 Å². The molecule has 0 N–H and O–H groups in total. The maximum Gasteiger partial charge on any atom is 0.173 e. The second-order valence-corrected chi connectivity index (χ2v) is 9.41. The van der Waals surface area contributed by atoms with Crippen molar-refractivity contribution in [3.8, 4) is 11.5 Å². The largest absolute Gasteiger partial charge is 0.493 e. The van der Waals surface area contributed by atoms with Gasteiger partial charge in [-0.15, -0.1) is 5.10 Å². The van der Waals surface area contributed by atoms with E-state index < -0.39 is 0 Å². The Morgan fingerprint density at radius 2 is 1.59 bits per heavy atom. The van der Waals surface area contributed by atoms with Crippen LogP contribution in [-0.4, -0.2) is 65.5 Å². The molecule has 1 fully saturated rings. The summed E-state index contributed by atoms with van der Waals surface area (Å²) in [7, 11) is 3.35. The van der Waals surface area contributed by atoms with Gasteiger partial charge in [0.05, 0.1) is 20.8 Å². The summed E-state index contributed by atoms with van der Waals surface area (Å²) in [5.41, 5.74) is 6.11. The SMILES string of the molecule is COc1cccc([C@H](c2nnnn2Cc2ccccc2)N2CCN(c3cccc(C)c3C)CC2)c1OC. The number of aryl methyl sites for hydroxylation is 1. The molecular formula is C29H34N6O2. The molecule has 0 aliphatic carbocycles. The fourth-order valence-electron chi connectivity index (χ4n) is 5.20. The van der Waals surface area contributed by atoms with Crippen LogP contribution in [0.4, 0.5) is 5.69 Å². The van der Waals surface area contributed by atoms with Crippen LogP contribution in [0.25, 0.3) is 0 Å². The molecule has 8 heteroatoms. The van der Waals surface area contributed by atoms with Gasteiger partial charge in [-0.05, 0) is 53.1 Å². The second-order valence-electron chi connectivity index (χ2n) is 9.41. The number of methoxy groups -OCH3 is 2. The highest BCUT2D eigenvalue weighted by Crippen LogP contribution is 2.40. The molecule has 5 rings (SSSR count). The number of tetrazole rings is 1. The van der Waals surface area contributed by atoms with E-state index in [-0.39, 0.29) is 6.04 Å². The third-order valence-electron chi connectivity index (χ3n) is 7.30. The van der Waals surface area contributed by atoms with Gasteiger partial charge in [0.2, 0.25) is 0 Å². The van der Waals surface area contributed by atoms with Gasteiger partial charge < -0.3 is 14.4 Å². The smallest absolute Gasteiger partial charge is 0.173 e. The third-order valence-corrected chi connectivity index (χ3v) is 7.30. The van der Waals surface area contributed by atoms with Crippen molar-refractivity contribution in [3.63, 3.8) is 0 Å². The van der Waals surface area contributed by atoms with Gasteiger partial charge in [-0.25, -0.2) is 4.68 Å². The Hall–Kier alpha value is -3.91. The van der Waals surface area contributed by atoms with E-state index in [0.29, 0.717) is 18.0 Å². The zero-order valence-corrected chi connectivity index (χ0v) is 22.0.